The quantitative estimate of drug-likeness (QED) is 0.840. The number of methoxy groups -OCH3 is 3. The van der Waals surface area contributed by atoms with Gasteiger partial charge >= 0.3 is 0 Å². The van der Waals surface area contributed by atoms with Crippen molar-refractivity contribution in [1.29, 1.82) is 0 Å². The lowest BCUT2D eigenvalue weighted by atomic mass is 10.00. The third kappa shape index (κ3) is 3.55. The predicted molar refractivity (Wildman–Crippen MR) is 97.2 cm³/mol. The number of benzene rings is 2. The molecule has 2 aromatic carbocycles. The molecule has 0 aromatic heterocycles. The molecular weight excluding hydrogens is 318 g/mol. The lowest BCUT2D eigenvalue weighted by Crippen LogP contribution is -2.28. The number of hydrogen-bond donors (Lipinski definition) is 0. The van der Waals surface area contributed by atoms with Crippen molar-refractivity contribution in [2.24, 2.45) is 0 Å². The molecule has 0 spiro atoms. The highest BCUT2D eigenvalue weighted by molar-refractivity contribution is 6.01. The van der Waals surface area contributed by atoms with Crippen LogP contribution in [0.3, 0.4) is 0 Å². The van der Waals surface area contributed by atoms with E-state index in [1.54, 1.807) is 32.3 Å². The van der Waals surface area contributed by atoms with Crippen LogP contribution in [0.25, 0.3) is 0 Å². The van der Waals surface area contributed by atoms with Crippen LogP contribution in [0.15, 0.2) is 36.4 Å². The van der Waals surface area contributed by atoms with E-state index in [-0.39, 0.29) is 5.91 Å². The Bertz CT molecular complexity index is 750. The smallest absolute Gasteiger partial charge is 0.231 e. The van der Waals surface area contributed by atoms with E-state index in [0.717, 1.165) is 42.0 Å². The number of anilines is 2. The van der Waals surface area contributed by atoms with Gasteiger partial charge in [0.15, 0.2) is 0 Å². The first-order valence-corrected chi connectivity index (χ1v) is 8.39. The van der Waals surface area contributed by atoms with Crippen molar-refractivity contribution in [3.8, 4) is 17.2 Å². The van der Waals surface area contributed by atoms with E-state index in [0.29, 0.717) is 17.9 Å². The topological polar surface area (TPSA) is 48.0 Å². The third-order valence-corrected chi connectivity index (χ3v) is 4.46. The molecule has 2 aromatic rings. The first-order valence-electron chi connectivity index (χ1n) is 8.39. The van der Waals surface area contributed by atoms with Crippen LogP contribution in [0.4, 0.5) is 11.4 Å². The minimum absolute atomic E-state index is 0.0708. The molecular formula is C20H23NO4. The fraction of sp³-hybridized carbons (Fsp3) is 0.350. The first-order chi connectivity index (χ1) is 12.2. The summed E-state index contributed by atoms with van der Waals surface area (Å²) in [6, 6.07) is 11.4. The van der Waals surface area contributed by atoms with Crippen LogP contribution < -0.4 is 19.1 Å². The van der Waals surface area contributed by atoms with Crippen molar-refractivity contribution in [3.05, 3.63) is 42.0 Å². The van der Waals surface area contributed by atoms with Crippen molar-refractivity contribution >= 4 is 17.3 Å². The van der Waals surface area contributed by atoms with Gasteiger partial charge in [-0.2, -0.15) is 0 Å². The highest BCUT2D eigenvalue weighted by Crippen LogP contribution is 2.38. The number of carbonyl (C=O) groups excluding carboxylic acids is 1. The Hall–Kier alpha value is -2.69. The van der Waals surface area contributed by atoms with E-state index < -0.39 is 0 Å². The normalized spacial score (nSPS) is 14.4. The van der Waals surface area contributed by atoms with E-state index in [4.69, 9.17) is 14.2 Å². The van der Waals surface area contributed by atoms with Crippen LogP contribution in [-0.4, -0.2) is 27.2 Å². The Labute approximate surface area is 148 Å². The number of nitrogens with zero attached hydrogens (tertiary/aromatic N) is 1. The number of hydrogen-bond acceptors (Lipinski definition) is 4. The van der Waals surface area contributed by atoms with E-state index in [1.165, 1.54) is 0 Å². The van der Waals surface area contributed by atoms with Gasteiger partial charge in [0, 0.05) is 24.6 Å². The van der Waals surface area contributed by atoms with Crippen molar-refractivity contribution in [1.82, 2.24) is 0 Å². The molecule has 1 aliphatic rings. The maximum atomic E-state index is 12.9. The molecule has 132 valence electrons. The van der Waals surface area contributed by atoms with Gasteiger partial charge in [0.1, 0.15) is 17.2 Å². The number of amides is 1. The number of ether oxygens (including phenoxy) is 3. The van der Waals surface area contributed by atoms with Gasteiger partial charge in [-0.1, -0.05) is 0 Å². The Kier molecular flexibility index (Phi) is 5.12. The summed E-state index contributed by atoms with van der Waals surface area (Å²) in [6.45, 7) is 0. The SMILES string of the molecule is COc1cc(OC)cc(N2C(=O)CCCCc3cc(OC)ccc32)c1. The average Bonchev–Trinajstić information content (AvgIpc) is 2.64. The summed E-state index contributed by atoms with van der Waals surface area (Å²) < 4.78 is 16.1. The monoisotopic (exact) mass is 341 g/mol. The van der Waals surface area contributed by atoms with Gasteiger partial charge in [0.05, 0.1) is 32.7 Å². The fourth-order valence-electron chi connectivity index (χ4n) is 3.15. The molecule has 5 nitrogen and oxygen atoms in total. The Morgan fingerprint density at radius 2 is 1.44 bits per heavy atom. The zero-order chi connectivity index (χ0) is 17.8. The van der Waals surface area contributed by atoms with Crippen LogP contribution in [-0.2, 0) is 11.2 Å². The highest BCUT2D eigenvalue weighted by Gasteiger charge is 2.24. The average molecular weight is 341 g/mol. The molecule has 0 unspecified atom stereocenters. The summed E-state index contributed by atoms with van der Waals surface area (Å²) in [7, 11) is 4.86. The molecule has 0 fully saturated rings. The van der Waals surface area contributed by atoms with Crippen molar-refractivity contribution in [2.75, 3.05) is 26.2 Å². The summed E-state index contributed by atoms with van der Waals surface area (Å²) in [5.41, 5.74) is 2.74. The van der Waals surface area contributed by atoms with Crippen molar-refractivity contribution in [3.63, 3.8) is 0 Å². The largest absolute Gasteiger partial charge is 0.497 e. The fourth-order valence-corrected chi connectivity index (χ4v) is 3.15. The second kappa shape index (κ2) is 7.47. The molecule has 1 heterocycles. The Balaban J connectivity index is 2.15. The number of fused-ring (bicyclic) bond motifs is 1. The van der Waals surface area contributed by atoms with Gasteiger partial charge in [-0.3, -0.25) is 9.69 Å². The zero-order valence-corrected chi connectivity index (χ0v) is 14.9. The van der Waals surface area contributed by atoms with Crippen LogP contribution in [0.1, 0.15) is 24.8 Å². The molecule has 25 heavy (non-hydrogen) atoms. The number of carbonyl (C=O) groups is 1. The molecule has 0 saturated carbocycles. The van der Waals surface area contributed by atoms with Gasteiger partial charge < -0.3 is 14.2 Å². The van der Waals surface area contributed by atoms with Crippen LogP contribution in [0.5, 0.6) is 17.2 Å². The molecule has 1 amide bonds. The minimum atomic E-state index is 0.0708. The van der Waals surface area contributed by atoms with Crippen LogP contribution in [0, 0.1) is 0 Å². The molecule has 0 bridgehead atoms. The van der Waals surface area contributed by atoms with E-state index in [1.807, 2.05) is 30.3 Å². The molecule has 0 radical (unpaired) electrons. The Morgan fingerprint density at radius 1 is 0.800 bits per heavy atom. The van der Waals surface area contributed by atoms with Gasteiger partial charge in [0.25, 0.3) is 0 Å². The van der Waals surface area contributed by atoms with Gasteiger partial charge in [-0.05, 0) is 43.0 Å². The second-order valence-electron chi connectivity index (χ2n) is 6.00. The zero-order valence-electron chi connectivity index (χ0n) is 14.9. The van der Waals surface area contributed by atoms with Gasteiger partial charge in [-0.15, -0.1) is 0 Å². The molecule has 0 N–H and O–H groups in total. The predicted octanol–water partition coefficient (Wildman–Crippen LogP) is 4.10. The summed E-state index contributed by atoms with van der Waals surface area (Å²) in [4.78, 5) is 14.7. The standard InChI is InChI=1S/C20H23NO4/c1-23-16-8-9-19-14(10-16)6-4-5-7-20(22)21(19)15-11-17(24-2)13-18(12-15)25-3/h8-13H,4-7H2,1-3H3. The summed E-state index contributed by atoms with van der Waals surface area (Å²) >= 11 is 0. The molecule has 0 atom stereocenters. The summed E-state index contributed by atoms with van der Waals surface area (Å²) in [6.07, 6.45) is 3.29. The van der Waals surface area contributed by atoms with E-state index in [2.05, 4.69) is 0 Å². The third-order valence-electron chi connectivity index (χ3n) is 4.46. The van der Waals surface area contributed by atoms with E-state index in [9.17, 15) is 4.79 Å². The first kappa shape index (κ1) is 17.1. The van der Waals surface area contributed by atoms with Crippen LogP contribution in [0.2, 0.25) is 0 Å². The van der Waals surface area contributed by atoms with Gasteiger partial charge in [-0.25, -0.2) is 0 Å². The maximum Gasteiger partial charge on any atom is 0.231 e. The summed E-state index contributed by atoms with van der Waals surface area (Å²) in [5, 5.41) is 0. The number of aryl methyl sites for hydroxylation is 1. The molecule has 5 heteroatoms. The molecule has 0 saturated heterocycles. The second-order valence-corrected chi connectivity index (χ2v) is 6.00. The summed E-state index contributed by atoms with van der Waals surface area (Å²) in [5.74, 6) is 2.18. The maximum absolute atomic E-state index is 12.9. The Morgan fingerprint density at radius 3 is 2.08 bits per heavy atom. The van der Waals surface area contributed by atoms with E-state index >= 15 is 0 Å². The van der Waals surface area contributed by atoms with Gasteiger partial charge in [0.2, 0.25) is 5.91 Å². The van der Waals surface area contributed by atoms with Crippen LogP contribution >= 0.6 is 0 Å². The lowest BCUT2D eigenvalue weighted by molar-refractivity contribution is -0.118. The number of rotatable bonds is 4. The van der Waals surface area contributed by atoms with Crippen molar-refractivity contribution in [2.45, 2.75) is 25.7 Å². The van der Waals surface area contributed by atoms with Crippen molar-refractivity contribution < 1.29 is 19.0 Å². The molecule has 1 aliphatic heterocycles. The molecule has 0 aliphatic carbocycles. The lowest BCUT2D eigenvalue weighted by Gasteiger charge is -2.28. The highest BCUT2D eigenvalue weighted by atomic mass is 16.5. The minimum Gasteiger partial charge on any atom is -0.497 e. The molecule has 3 rings (SSSR count).